The third-order valence-corrected chi connectivity index (χ3v) is 2.67. The standard InChI is InChI=1S/C13H12BrNO4/c1-2-7-15(8-13(17)18)12(16)9-19-11-5-3-10(14)4-6-11/h1,3-6H,7-9H2,(H,17,18). The summed E-state index contributed by atoms with van der Waals surface area (Å²) in [6, 6.07) is 6.94. The molecule has 1 rings (SSSR count). The Bertz CT molecular complexity index is 492. The minimum absolute atomic E-state index is 0.0607. The van der Waals surface area contributed by atoms with Crippen molar-refractivity contribution in [2.75, 3.05) is 19.7 Å². The number of halogens is 1. The van der Waals surface area contributed by atoms with Crippen molar-refractivity contribution in [3.63, 3.8) is 0 Å². The van der Waals surface area contributed by atoms with Gasteiger partial charge in [0.2, 0.25) is 0 Å². The van der Waals surface area contributed by atoms with E-state index in [-0.39, 0.29) is 13.2 Å². The highest BCUT2D eigenvalue weighted by Crippen LogP contribution is 2.16. The fourth-order valence-corrected chi connectivity index (χ4v) is 1.54. The SMILES string of the molecule is C#CCN(CC(=O)O)C(=O)COc1ccc(Br)cc1. The molecule has 5 nitrogen and oxygen atoms in total. The Labute approximate surface area is 119 Å². The van der Waals surface area contributed by atoms with Crippen molar-refractivity contribution in [1.82, 2.24) is 4.90 Å². The van der Waals surface area contributed by atoms with Crippen LogP contribution in [0, 0.1) is 12.3 Å². The topological polar surface area (TPSA) is 66.8 Å². The molecule has 6 heteroatoms. The van der Waals surface area contributed by atoms with E-state index >= 15 is 0 Å². The first-order chi connectivity index (χ1) is 9.02. The average Bonchev–Trinajstić information content (AvgIpc) is 2.37. The van der Waals surface area contributed by atoms with Gasteiger partial charge in [-0.25, -0.2) is 0 Å². The summed E-state index contributed by atoms with van der Waals surface area (Å²) >= 11 is 3.28. The summed E-state index contributed by atoms with van der Waals surface area (Å²) < 4.78 is 6.15. The Balaban J connectivity index is 2.54. The zero-order valence-corrected chi connectivity index (χ0v) is 11.6. The Hall–Kier alpha value is -2.00. The number of hydrogen-bond donors (Lipinski definition) is 1. The van der Waals surface area contributed by atoms with Crippen LogP contribution in [0.2, 0.25) is 0 Å². The predicted octanol–water partition coefficient (Wildman–Crippen LogP) is 1.37. The molecule has 0 aliphatic heterocycles. The van der Waals surface area contributed by atoms with Gasteiger partial charge in [-0.1, -0.05) is 21.9 Å². The monoisotopic (exact) mass is 325 g/mol. The minimum Gasteiger partial charge on any atom is -0.484 e. The first-order valence-electron chi connectivity index (χ1n) is 5.34. The maximum absolute atomic E-state index is 11.7. The lowest BCUT2D eigenvalue weighted by Crippen LogP contribution is -2.38. The van der Waals surface area contributed by atoms with Gasteiger partial charge in [0.05, 0.1) is 6.54 Å². The molecule has 0 aliphatic rings. The van der Waals surface area contributed by atoms with Crippen LogP contribution in [-0.2, 0) is 9.59 Å². The molecular weight excluding hydrogens is 314 g/mol. The molecule has 100 valence electrons. The van der Waals surface area contributed by atoms with Crippen molar-refractivity contribution in [2.24, 2.45) is 0 Å². The van der Waals surface area contributed by atoms with E-state index in [0.717, 1.165) is 9.37 Å². The molecule has 1 N–H and O–H groups in total. The van der Waals surface area contributed by atoms with E-state index in [0.29, 0.717) is 5.75 Å². The highest BCUT2D eigenvalue weighted by atomic mass is 79.9. The Morgan fingerprint density at radius 3 is 2.53 bits per heavy atom. The van der Waals surface area contributed by atoms with E-state index in [1.54, 1.807) is 24.3 Å². The number of carbonyl (C=O) groups is 2. The number of ether oxygens (including phenoxy) is 1. The number of terminal acetylenes is 1. The number of rotatable bonds is 6. The highest BCUT2D eigenvalue weighted by Gasteiger charge is 2.16. The number of benzene rings is 1. The van der Waals surface area contributed by atoms with Crippen molar-refractivity contribution in [1.29, 1.82) is 0 Å². The van der Waals surface area contributed by atoms with Crippen LogP contribution in [0.5, 0.6) is 5.75 Å². The molecular formula is C13H12BrNO4. The van der Waals surface area contributed by atoms with Crippen molar-refractivity contribution in [3.8, 4) is 18.1 Å². The molecule has 19 heavy (non-hydrogen) atoms. The van der Waals surface area contributed by atoms with Crippen molar-refractivity contribution in [2.45, 2.75) is 0 Å². The lowest BCUT2D eigenvalue weighted by Gasteiger charge is -2.18. The van der Waals surface area contributed by atoms with E-state index in [4.69, 9.17) is 16.3 Å². The Morgan fingerprint density at radius 1 is 1.37 bits per heavy atom. The second-order valence-electron chi connectivity index (χ2n) is 3.59. The van der Waals surface area contributed by atoms with Gasteiger partial charge in [0, 0.05) is 4.47 Å². The maximum atomic E-state index is 11.7. The molecule has 0 aromatic heterocycles. The van der Waals surface area contributed by atoms with Crippen LogP contribution in [-0.4, -0.2) is 41.6 Å². The van der Waals surface area contributed by atoms with Crippen LogP contribution in [0.25, 0.3) is 0 Å². The van der Waals surface area contributed by atoms with E-state index in [9.17, 15) is 9.59 Å². The van der Waals surface area contributed by atoms with E-state index in [1.165, 1.54) is 0 Å². The van der Waals surface area contributed by atoms with Gasteiger partial charge in [0.15, 0.2) is 6.61 Å². The van der Waals surface area contributed by atoms with Gasteiger partial charge < -0.3 is 14.7 Å². The smallest absolute Gasteiger partial charge is 0.323 e. The van der Waals surface area contributed by atoms with Crippen molar-refractivity contribution < 1.29 is 19.4 Å². The zero-order chi connectivity index (χ0) is 14.3. The predicted molar refractivity (Wildman–Crippen MR) is 72.7 cm³/mol. The first-order valence-corrected chi connectivity index (χ1v) is 6.13. The minimum atomic E-state index is -1.12. The molecule has 0 atom stereocenters. The van der Waals surface area contributed by atoms with Gasteiger partial charge in [-0.3, -0.25) is 9.59 Å². The molecule has 0 saturated heterocycles. The fraction of sp³-hybridized carbons (Fsp3) is 0.231. The summed E-state index contributed by atoms with van der Waals surface area (Å²) in [6.45, 7) is -0.752. The third kappa shape index (κ3) is 5.44. The highest BCUT2D eigenvalue weighted by molar-refractivity contribution is 9.10. The molecule has 1 amide bonds. The van der Waals surface area contributed by atoms with E-state index < -0.39 is 18.4 Å². The summed E-state index contributed by atoms with van der Waals surface area (Å²) in [5, 5.41) is 8.67. The molecule has 0 unspecified atom stereocenters. The number of carboxylic acid groups (broad SMARTS) is 1. The lowest BCUT2D eigenvalue weighted by molar-refractivity contribution is -0.144. The molecule has 0 heterocycles. The van der Waals surface area contributed by atoms with Gasteiger partial charge in [-0.2, -0.15) is 0 Å². The fourth-order valence-electron chi connectivity index (χ4n) is 1.27. The van der Waals surface area contributed by atoms with Gasteiger partial charge >= 0.3 is 5.97 Å². The summed E-state index contributed by atoms with van der Waals surface area (Å²) in [4.78, 5) is 23.4. The third-order valence-electron chi connectivity index (χ3n) is 2.14. The molecule has 0 aliphatic carbocycles. The van der Waals surface area contributed by atoms with Crippen LogP contribution in [0.4, 0.5) is 0 Å². The van der Waals surface area contributed by atoms with Gasteiger partial charge in [0.1, 0.15) is 12.3 Å². The number of carbonyl (C=O) groups excluding carboxylic acids is 1. The summed E-state index contributed by atoms with van der Waals surface area (Å²) in [6.07, 6.45) is 5.08. The van der Waals surface area contributed by atoms with Crippen molar-refractivity contribution in [3.05, 3.63) is 28.7 Å². The van der Waals surface area contributed by atoms with Crippen LogP contribution < -0.4 is 4.74 Å². The van der Waals surface area contributed by atoms with E-state index in [2.05, 4.69) is 21.9 Å². The normalized spacial score (nSPS) is 9.47. The summed E-state index contributed by atoms with van der Waals surface area (Å²) in [5.74, 6) is 1.17. The molecule has 0 fully saturated rings. The van der Waals surface area contributed by atoms with Crippen LogP contribution >= 0.6 is 15.9 Å². The number of carboxylic acids is 1. The number of amides is 1. The number of hydrogen-bond acceptors (Lipinski definition) is 3. The van der Waals surface area contributed by atoms with Gasteiger partial charge in [-0.05, 0) is 24.3 Å². The molecule has 0 bridgehead atoms. The largest absolute Gasteiger partial charge is 0.484 e. The Morgan fingerprint density at radius 2 is 2.00 bits per heavy atom. The quantitative estimate of drug-likeness (QED) is 0.802. The second kappa shape index (κ2) is 7.44. The molecule has 1 aromatic carbocycles. The second-order valence-corrected chi connectivity index (χ2v) is 4.51. The number of nitrogens with zero attached hydrogens (tertiary/aromatic N) is 1. The van der Waals surface area contributed by atoms with Gasteiger partial charge in [-0.15, -0.1) is 6.42 Å². The summed E-state index contributed by atoms with van der Waals surface area (Å²) in [5.41, 5.74) is 0. The lowest BCUT2D eigenvalue weighted by atomic mass is 10.3. The Kier molecular flexibility index (Phi) is 5.90. The summed E-state index contributed by atoms with van der Waals surface area (Å²) in [7, 11) is 0. The molecule has 0 saturated carbocycles. The maximum Gasteiger partial charge on any atom is 0.323 e. The van der Waals surface area contributed by atoms with Crippen LogP contribution in [0.15, 0.2) is 28.7 Å². The number of aliphatic carboxylic acids is 1. The van der Waals surface area contributed by atoms with Crippen LogP contribution in [0.1, 0.15) is 0 Å². The molecule has 1 aromatic rings. The van der Waals surface area contributed by atoms with Gasteiger partial charge in [0.25, 0.3) is 5.91 Å². The zero-order valence-electron chi connectivity index (χ0n) is 10.0. The van der Waals surface area contributed by atoms with Crippen molar-refractivity contribution >= 4 is 27.8 Å². The van der Waals surface area contributed by atoms with Crippen LogP contribution in [0.3, 0.4) is 0 Å². The van der Waals surface area contributed by atoms with E-state index in [1.807, 2.05) is 0 Å². The average molecular weight is 326 g/mol. The molecule has 0 spiro atoms. The molecule has 0 radical (unpaired) electrons. The first kappa shape index (κ1) is 15.1.